The number of piperidine rings is 1. The van der Waals surface area contributed by atoms with Crippen molar-refractivity contribution in [2.24, 2.45) is 5.92 Å². The number of aromatic nitrogens is 3. The lowest BCUT2D eigenvalue weighted by molar-refractivity contribution is -0.121. The normalized spacial score (nSPS) is 15.6. The zero-order valence-electron chi connectivity index (χ0n) is 16.7. The van der Waals surface area contributed by atoms with Gasteiger partial charge in [0, 0.05) is 24.0 Å². The van der Waals surface area contributed by atoms with Gasteiger partial charge in [-0.1, -0.05) is 41.9 Å². The van der Waals surface area contributed by atoms with E-state index in [0.29, 0.717) is 24.4 Å². The smallest absolute Gasteiger partial charge is 0.248 e. The maximum absolute atomic E-state index is 12.8. The molecule has 1 N–H and O–H groups in total. The average molecular weight is 460 g/mol. The van der Waals surface area contributed by atoms with Crippen molar-refractivity contribution in [2.45, 2.75) is 24.3 Å². The van der Waals surface area contributed by atoms with Gasteiger partial charge in [-0.15, -0.1) is 5.10 Å². The number of carbonyl (C=O) groups is 1. The summed E-state index contributed by atoms with van der Waals surface area (Å²) in [6, 6.07) is 15.9. The highest BCUT2D eigenvalue weighted by molar-refractivity contribution is 7.89. The van der Waals surface area contributed by atoms with Gasteiger partial charge in [0.15, 0.2) is 0 Å². The van der Waals surface area contributed by atoms with Gasteiger partial charge in [0.25, 0.3) is 0 Å². The number of rotatable bonds is 6. The van der Waals surface area contributed by atoms with E-state index in [0.717, 1.165) is 5.56 Å². The molecule has 1 aliphatic heterocycles. The Balaban J connectivity index is 1.32. The Kier molecular flexibility index (Phi) is 6.35. The van der Waals surface area contributed by atoms with Gasteiger partial charge >= 0.3 is 0 Å². The summed E-state index contributed by atoms with van der Waals surface area (Å²) in [6.45, 7) is 1.11. The molecule has 1 amide bonds. The predicted molar refractivity (Wildman–Crippen MR) is 117 cm³/mol. The molecule has 1 fully saturated rings. The number of hydrogen-bond acceptors (Lipinski definition) is 5. The fourth-order valence-electron chi connectivity index (χ4n) is 3.52. The van der Waals surface area contributed by atoms with E-state index in [4.69, 9.17) is 11.6 Å². The van der Waals surface area contributed by atoms with Gasteiger partial charge in [-0.2, -0.15) is 4.31 Å². The molecule has 0 bridgehead atoms. The molecule has 10 heteroatoms. The average Bonchev–Trinajstić information content (AvgIpc) is 3.21. The Labute approximate surface area is 185 Å². The molecule has 0 spiro atoms. The summed E-state index contributed by atoms with van der Waals surface area (Å²) in [5, 5.41) is 7.52. The molecule has 0 radical (unpaired) electrons. The molecule has 0 atom stereocenters. The SMILES string of the molecule is O=C(Nc1ncn(Cc2ccccc2)n1)C1CCN(S(=O)(=O)c2ccc(Cl)cc2)CC1. The molecule has 4 rings (SSSR count). The van der Waals surface area contributed by atoms with Crippen LogP contribution in [0.15, 0.2) is 65.8 Å². The Morgan fingerprint density at radius 2 is 1.74 bits per heavy atom. The minimum Gasteiger partial charge on any atom is -0.293 e. The van der Waals surface area contributed by atoms with Crippen molar-refractivity contribution in [1.82, 2.24) is 19.1 Å². The third-order valence-corrected chi connectivity index (χ3v) is 7.40. The molecule has 1 saturated heterocycles. The number of anilines is 1. The number of benzene rings is 2. The molecule has 0 unspecified atom stereocenters. The first-order valence-corrected chi connectivity index (χ1v) is 11.7. The van der Waals surface area contributed by atoms with Gasteiger partial charge in [0.05, 0.1) is 11.4 Å². The fourth-order valence-corrected chi connectivity index (χ4v) is 5.12. The van der Waals surface area contributed by atoms with E-state index in [9.17, 15) is 13.2 Å². The maximum atomic E-state index is 12.8. The van der Waals surface area contributed by atoms with Gasteiger partial charge in [0.1, 0.15) is 6.33 Å². The van der Waals surface area contributed by atoms with Crippen LogP contribution in [0.25, 0.3) is 0 Å². The minimum atomic E-state index is -3.60. The quantitative estimate of drug-likeness (QED) is 0.611. The van der Waals surface area contributed by atoms with E-state index in [-0.39, 0.29) is 35.8 Å². The van der Waals surface area contributed by atoms with Gasteiger partial charge in [-0.05, 0) is 42.7 Å². The summed E-state index contributed by atoms with van der Waals surface area (Å²) >= 11 is 5.85. The molecule has 2 heterocycles. The van der Waals surface area contributed by atoms with Crippen LogP contribution in [0.4, 0.5) is 5.95 Å². The number of nitrogens with one attached hydrogen (secondary N) is 1. The predicted octanol–water partition coefficient (Wildman–Crippen LogP) is 3.02. The van der Waals surface area contributed by atoms with Crippen LogP contribution in [0.5, 0.6) is 0 Å². The molecule has 2 aromatic carbocycles. The van der Waals surface area contributed by atoms with Gasteiger partial charge < -0.3 is 0 Å². The van der Waals surface area contributed by atoms with Gasteiger partial charge in [0.2, 0.25) is 21.9 Å². The number of sulfonamides is 1. The molecule has 1 aliphatic rings. The van der Waals surface area contributed by atoms with E-state index < -0.39 is 10.0 Å². The zero-order chi connectivity index (χ0) is 21.8. The lowest BCUT2D eigenvalue weighted by Gasteiger charge is -2.30. The molecular formula is C21H22ClN5O3S. The molecule has 3 aromatic rings. The van der Waals surface area contributed by atoms with Gasteiger partial charge in [-0.25, -0.2) is 18.1 Å². The van der Waals surface area contributed by atoms with Crippen molar-refractivity contribution in [3.63, 3.8) is 0 Å². The lowest BCUT2D eigenvalue weighted by Crippen LogP contribution is -2.41. The standard InChI is InChI=1S/C21H22ClN5O3S/c22-18-6-8-19(9-7-18)31(29,30)27-12-10-17(11-13-27)20(28)24-21-23-15-26(25-21)14-16-4-2-1-3-5-16/h1-9,15,17H,10-14H2,(H,24,25,28). The van der Waals surface area contributed by atoms with Crippen LogP contribution in [0.3, 0.4) is 0 Å². The van der Waals surface area contributed by atoms with E-state index in [1.165, 1.54) is 16.4 Å². The van der Waals surface area contributed by atoms with Crippen molar-refractivity contribution in [3.05, 3.63) is 71.5 Å². The number of amides is 1. The van der Waals surface area contributed by atoms with Crippen LogP contribution in [0.2, 0.25) is 5.02 Å². The van der Waals surface area contributed by atoms with Crippen molar-refractivity contribution in [1.29, 1.82) is 0 Å². The topological polar surface area (TPSA) is 97.2 Å². The molecule has 8 nitrogen and oxygen atoms in total. The Morgan fingerprint density at radius 3 is 2.42 bits per heavy atom. The van der Waals surface area contributed by atoms with E-state index >= 15 is 0 Å². The van der Waals surface area contributed by atoms with E-state index in [1.807, 2.05) is 30.3 Å². The minimum absolute atomic E-state index is 0.194. The molecule has 1 aromatic heterocycles. The fraction of sp³-hybridized carbons (Fsp3) is 0.286. The molecule has 0 saturated carbocycles. The summed E-state index contributed by atoms with van der Waals surface area (Å²) in [4.78, 5) is 17.0. The van der Waals surface area contributed by atoms with Crippen LogP contribution in [-0.4, -0.2) is 46.5 Å². The number of halogens is 1. The van der Waals surface area contributed by atoms with Crippen molar-refractivity contribution < 1.29 is 13.2 Å². The molecular weight excluding hydrogens is 438 g/mol. The van der Waals surface area contributed by atoms with Crippen LogP contribution in [0, 0.1) is 5.92 Å². The molecule has 31 heavy (non-hydrogen) atoms. The second kappa shape index (κ2) is 9.17. The lowest BCUT2D eigenvalue weighted by atomic mass is 9.97. The largest absolute Gasteiger partial charge is 0.293 e. The second-order valence-corrected chi connectivity index (χ2v) is 9.75. The highest BCUT2D eigenvalue weighted by Gasteiger charge is 2.32. The van der Waals surface area contributed by atoms with E-state index in [2.05, 4.69) is 15.4 Å². The Morgan fingerprint density at radius 1 is 1.06 bits per heavy atom. The highest BCUT2D eigenvalue weighted by Crippen LogP contribution is 2.25. The summed E-state index contributed by atoms with van der Waals surface area (Å²) in [6.07, 6.45) is 2.44. The summed E-state index contributed by atoms with van der Waals surface area (Å²) in [7, 11) is -3.60. The first-order valence-electron chi connectivity index (χ1n) is 9.92. The Bertz CT molecular complexity index is 1140. The Hall–Kier alpha value is -2.75. The van der Waals surface area contributed by atoms with Crippen LogP contribution in [0.1, 0.15) is 18.4 Å². The first-order chi connectivity index (χ1) is 14.9. The van der Waals surface area contributed by atoms with Crippen LogP contribution in [-0.2, 0) is 21.4 Å². The first kappa shape index (κ1) is 21.5. The van der Waals surface area contributed by atoms with Crippen molar-refractivity contribution >= 4 is 33.5 Å². The number of carbonyl (C=O) groups excluding carboxylic acids is 1. The van der Waals surface area contributed by atoms with Crippen LogP contribution >= 0.6 is 11.6 Å². The van der Waals surface area contributed by atoms with Crippen molar-refractivity contribution in [2.75, 3.05) is 18.4 Å². The third kappa shape index (κ3) is 5.12. The monoisotopic (exact) mass is 459 g/mol. The van der Waals surface area contributed by atoms with Crippen LogP contribution < -0.4 is 5.32 Å². The molecule has 162 valence electrons. The zero-order valence-corrected chi connectivity index (χ0v) is 18.3. The number of nitrogens with zero attached hydrogens (tertiary/aromatic N) is 4. The summed E-state index contributed by atoms with van der Waals surface area (Å²) < 4.78 is 28.6. The summed E-state index contributed by atoms with van der Waals surface area (Å²) in [5.41, 5.74) is 1.08. The summed E-state index contributed by atoms with van der Waals surface area (Å²) in [5.74, 6) is -0.240. The highest BCUT2D eigenvalue weighted by atomic mass is 35.5. The number of hydrogen-bond donors (Lipinski definition) is 1. The maximum Gasteiger partial charge on any atom is 0.248 e. The van der Waals surface area contributed by atoms with E-state index in [1.54, 1.807) is 23.1 Å². The van der Waals surface area contributed by atoms with Gasteiger partial charge in [-0.3, -0.25) is 10.1 Å². The van der Waals surface area contributed by atoms with Crippen molar-refractivity contribution in [3.8, 4) is 0 Å². The molecule has 0 aliphatic carbocycles. The second-order valence-electron chi connectivity index (χ2n) is 7.37. The third-order valence-electron chi connectivity index (χ3n) is 5.24.